The molecule has 32 heavy (non-hydrogen) atoms. The van der Waals surface area contributed by atoms with E-state index in [-0.39, 0.29) is 28.7 Å². The van der Waals surface area contributed by atoms with Gasteiger partial charge in [0.15, 0.2) is 17.8 Å². The topological polar surface area (TPSA) is 69.7 Å². The Hall–Kier alpha value is -2.55. The van der Waals surface area contributed by atoms with Crippen molar-refractivity contribution in [3.8, 4) is 11.5 Å². The van der Waals surface area contributed by atoms with Crippen LogP contribution in [0.3, 0.4) is 0 Å². The van der Waals surface area contributed by atoms with Crippen molar-refractivity contribution in [2.75, 3.05) is 0 Å². The molecule has 2 aromatic carbocycles. The summed E-state index contributed by atoms with van der Waals surface area (Å²) in [7, 11) is -5.92. The number of alkyl halides is 3. The molecule has 3 rings (SSSR count). The molecule has 9 heteroatoms. The Bertz CT molecular complexity index is 1130. The molecule has 0 saturated heterocycles. The molecule has 0 fully saturated rings. The van der Waals surface area contributed by atoms with Crippen LogP contribution < -0.4 is 8.92 Å². The molecule has 0 aromatic heterocycles. The fourth-order valence-corrected chi connectivity index (χ4v) is 4.35. The van der Waals surface area contributed by atoms with Crippen LogP contribution >= 0.6 is 0 Å². The summed E-state index contributed by atoms with van der Waals surface area (Å²) < 4.78 is 71.0. The molecule has 0 saturated carbocycles. The third-order valence-corrected chi connectivity index (χ3v) is 6.89. The van der Waals surface area contributed by atoms with Crippen molar-refractivity contribution in [2.45, 2.75) is 63.5 Å². The van der Waals surface area contributed by atoms with Gasteiger partial charge in [-0.05, 0) is 52.5 Å². The van der Waals surface area contributed by atoms with E-state index in [2.05, 4.69) is 31.9 Å². The number of fused-ring (bicyclic) bond motifs is 1. The molecule has 174 valence electrons. The number of rotatable bonds is 6. The highest BCUT2D eigenvalue weighted by molar-refractivity contribution is 7.88. The summed E-state index contributed by atoms with van der Waals surface area (Å²) in [4.78, 5) is 11.4. The van der Waals surface area contributed by atoms with E-state index in [0.29, 0.717) is 6.29 Å². The maximum absolute atomic E-state index is 12.8. The van der Waals surface area contributed by atoms with Crippen molar-refractivity contribution < 1.29 is 35.3 Å². The Kier molecular flexibility index (Phi) is 6.10. The molecular formula is C23H25F3O5S. The van der Waals surface area contributed by atoms with Crippen LogP contribution in [-0.2, 0) is 27.6 Å². The minimum absolute atomic E-state index is 0.0152. The van der Waals surface area contributed by atoms with Gasteiger partial charge in [0.05, 0.1) is 5.56 Å². The van der Waals surface area contributed by atoms with Gasteiger partial charge in [0, 0.05) is 0 Å². The van der Waals surface area contributed by atoms with Crippen LogP contribution in [0.4, 0.5) is 13.2 Å². The van der Waals surface area contributed by atoms with Crippen molar-refractivity contribution in [3.05, 3.63) is 58.7 Å². The lowest BCUT2D eigenvalue weighted by molar-refractivity contribution is -0.0500. The molecule has 0 bridgehead atoms. The van der Waals surface area contributed by atoms with Gasteiger partial charge < -0.3 is 8.92 Å². The van der Waals surface area contributed by atoms with E-state index in [9.17, 15) is 26.4 Å². The number of hydrogen-bond acceptors (Lipinski definition) is 5. The lowest BCUT2D eigenvalue weighted by Crippen LogP contribution is -2.33. The van der Waals surface area contributed by atoms with Crippen molar-refractivity contribution >= 4 is 16.4 Å². The number of halogens is 3. The SMILES string of the molecule is CC1(C)CCC(C)(C)c2cc(COc3c(C=O)cccc3OS(=O)(=O)C(F)(F)F)ccc21. The quantitative estimate of drug-likeness (QED) is 0.310. The molecule has 1 aliphatic carbocycles. The van der Waals surface area contributed by atoms with Crippen molar-refractivity contribution in [3.63, 3.8) is 0 Å². The Morgan fingerprint density at radius 1 is 1.00 bits per heavy atom. The van der Waals surface area contributed by atoms with Crippen LogP contribution in [0.25, 0.3) is 0 Å². The summed E-state index contributed by atoms with van der Waals surface area (Å²) in [6, 6.07) is 9.39. The molecule has 0 unspecified atom stereocenters. The lowest BCUT2D eigenvalue weighted by atomic mass is 9.63. The molecule has 0 amide bonds. The second kappa shape index (κ2) is 8.10. The van der Waals surface area contributed by atoms with E-state index in [4.69, 9.17) is 4.74 Å². The molecule has 0 aliphatic heterocycles. The predicted octanol–water partition coefficient (Wildman–Crippen LogP) is 5.66. The predicted molar refractivity (Wildman–Crippen MR) is 113 cm³/mol. The van der Waals surface area contributed by atoms with Gasteiger partial charge in [-0.1, -0.05) is 52.0 Å². The van der Waals surface area contributed by atoms with Gasteiger partial charge in [0.1, 0.15) is 6.61 Å². The summed E-state index contributed by atoms with van der Waals surface area (Å²) in [5, 5.41) is 0. The molecule has 0 spiro atoms. The zero-order valence-electron chi connectivity index (χ0n) is 18.2. The zero-order valence-corrected chi connectivity index (χ0v) is 19.1. The van der Waals surface area contributed by atoms with Crippen molar-refractivity contribution in [2.24, 2.45) is 0 Å². The third kappa shape index (κ3) is 4.62. The minimum Gasteiger partial charge on any atom is -0.484 e. The Morgan fingerprint density at radius 3 is 2.22 bits per heavy atom. The van der Waals surface area contributed by atoms with E-state index in [1.807, 2.05) is 18.2 Å². The Labute approximate surface area is 185 Å². The second-order valence-corrected chi connectivity index (χ2v) is 10.7. The Morgan fingerprint density at radius 2 is 1.62 bits per heavy atom. The number of aldehydes is 1. The average Bonchev–Trinajstić information content (AvgIpc) is 2.69. The van der Waals surface area contributed by atoms with E-state index in [1.165, 1.54) is 17.7 Å². The highest BCUT2D eigenvalue weighted by Crippen LogP contribution is 2.46. The fraction of sp³-hybridized carbons (Fsp3) is 0.435. The highest BCUT2D eigenvalue weighted by Gasteiger charge is 2.49. The van der Waals surface area contributed by atoms with Gasteiger partial charge in [0.2, 0.25) is 0 Å². The molecule has 1 aliphatic rings. The van der Waals surface area contributed by atoms with E-state index >= 15 is 0 Å². The molecule has 2 aromatic rings. The molecule has 0 atom stereocenters. The number of benzene rings is 2. The first-order chi connectivity index (χ1) is 14.7. The lowest BCUT2D eigenvalue weighted by Gasteiger charge is -2.42. The summed E-state index contributed by atoms with van der Waals surface area (Å²) in [6.07, 6.45) is 2.41. The Balaban J connectivity index is 1.93. The molecule has 0 heterocycles. The van der Waals surface area contributed by atoms with Crippen LogP contribution in [-0.4, -0.2) is 20.2 Å². The summed E-state index contributed by atoms with van der Waals surface area (Å²) >= 11 is 0. The molecule has 0 radical (unpaired) electrons. The number of hydrogen-bond donors (Lipinski definition) is 0. The largest absolute Gasteiger partial charge is 0.534 e. The van der Waals surface area contributed by atoms with E-state index in [0.717, 1.165) is 30.0 Å². The third-order valence-electron chi connectivity index (χ3n) is 5.92. The fourth-order valence-electron chi connectivity index (χ4n) is 3.89. The summed E-state index contributed by atoms with van der Waals surface area (Å²) in [5.41, 5.74) is -2.66. The van der Waals surface area contributed by atoms with Crippen LogP contribution in [0.2, 0.25) is 0 Å². The highest BCUT2D eigenvalue weighted by atomic mass is 32.2. The van der Waals surface area contributed by atoms with Gasteiger partial charge in [-0.3, -0.25) is 4.79 Å². The van der Waals surface area contributed by atoms with E-state index < -0.39 is 21.4 Å². The van der Waals surface area contributed by atoms with Crippen molar-refractivity contribution in [1.82, 2.24) is 0 Å². The molecule has 5 nitrogen and oxygen atoms in total. The van der Waals surface area contributed by atoms with Crippen LogP contribution in [0.5, 0.6) is 11.5 Å². The number of ether oxygens (including phenoxy) is 1. The second-order valence-electron chi connectivity index (χ2n) is 9.21. The first-order valence-electron chi connectivity index (χ1n) is 10.0. The van der Waals surface area contributed by atoms with Gasteiger partial charge in [-0.2, -0.15) is 21.6 Å². The molecular weight excluding hydrogens is 445 g/mol. The van der Waals surface area contributed by atoms with Gasteiger partial charge in [-0.15, -0.1) is 0 Å². The number of para-hydroxylation sites is 1. The normalized spacial score (nSPS) is 17.3. The minimum atomic E-state index is -5.92. The first-order valence-corrected chi connectivity index (χ1v) is 11.4. The van der Waals surface area contributed by atoms with Crippen LogP contribution in [0, 0.1) is 0 Å². The smallest absolute Gasteiger partial charge is 0.484 e. The molecule has 0 N–H and O–H groups in total. The first kappa shape index (κ1) is 24.1. The number of carbonyl (C=O) groups is 1. The van der Waals surface area contributed by atoms with Crippen LogP contribution in [0.15, 0.2) is 36.4 Å². The van der Waals surface area contributed by atoms with Gasteiger partial charge in [-0.25, -0.2) is 0 Å². The zero-order chi connectivity index (χ0) is 23.9. The van der Waals surface area contributed by atoms with E-state index in [1.54, 1.807) is 0 Å². The summed E-state index contributed by atoms with van der Waals surface area (Å²) in [5.74, 6) is -1.07. The monoisotopic (exact) mass is 470 g/mol. The van der Waals surface area contributed by atoms with Gasteiger partial charge in [0.25, 0.3) is 0 Å². The maximum Gasteiger partial charge on any atom is 0.534 e. The van der Waals surface area contributed by atoms with Crippen molar-refractivity contribution in [1.29, 1.82) is 0 Å². The maximum atomic E-state index is 12.8. The average molecular weight is 471 g/mol. The standard InChI is InChI=1S/C23H25F3O5S/c1-21(2)10-11-22(3,4)18-12-15(8-9-17(18)21)14-30-20-16(13-27)6-5-7-19(20)31-32(28,29)23(24,25)26/h5-9,12-13H,10-11,14H2,1-4H3. The number of carbonyl (C=O) groups excluding carboxylic acids is 1. The van der Waals surface area contributed by atoms with Gasteiger partial charge >= 0.3 is 15.6 Å². The summed E-state index contributed by atoms with van der Waals surface area (Å²) in [6.45, 7) is 8.59. The van der Waals surface area contributed by atoms with Crippen LogP contribution in [0.1, 0.15) is 67.6 Å².